The third-order valence-electron chi connectivity index (χ3n) is 4.99. The average molecular weight is 339 g/mol. The van der Waals surface area contributed by atoms with Crippen molar-refractivity contribution in [1.82, 2.24) is 10.6 Å². The molecule has 1 amide bonds. The Kier molecular flexibility index (Phi) is 8.64. The van der Waals surface area contributed by atoms with Gasteiger partial charge in [-0.25, -0.2) is 0 Å². The summed E-state index contributed by atoms with van der Waals surface area (Å²) >= 11 is 0. The van der Waals surface area contributed by atoms with E-state index in [2.05, 4.69) is 49.6 Å². The van der Waals surface area contributed by atoms with Crippen molar-refractivity contribution in [1.29, 1.82) is 0 Å². The number of aryl methyl sites for hydroxylation is 2. The average Bonchev–Trinajstić information content (AvgIpc) is 2.51. The van der Waals surface area contributed by atoms with Gasteiger partial charge in [0.05, 0.1) is 0 Å². The highest BCUT2D eigenvalue weighted by molar-refractivity contribution is 5.85. The second-order valence-electron chi connectivity index (χ2n) is 6.76. The summed E-state index contributed by atoms with van der Waals surface area (Å²) in [5.74, 6) is 1.32. The number of carbonyl (C=O) groups is 1. The first-order chi connectivity index (χ1) is 10.6. The Bertz CT molecular complexity index is 478. The minimum atomic E-state index is 0. The van der Waals surface area contributed by atoms with Crippen LogP contribution in [0.2, 0.25) is 0 Å². The van der Waals surface area contributed by atoms with Crippen molar-refractivity contribution in [2.24, 2.45) is 11.8 Å². The molecule has 1 fully saturated rings. The van der Waals surface area contributed by atoms with E-state index in [1.54, 1.807) is 0 Å². The molecule has 4 heteroatoms. The first kappa shape index (κ1) is 20.0. The van der Waals surface area contributed by atoms with Crippen LogP contribution < -0.4 is 10.6 Å². The molecule has 2 atom stereocenters. The first-order valence-electron chi connectivity index (χ1n) is 8.60. The second kappa shape index (κ2) is 9.94. The lowest BCUT2D eigenvalue weighted by Gasteiger charge is -2.28. The van der Waals surface area contributed by atoms with Gasteiger partial charge in [0.2, 0.25) is 5.91 Å². The van der Waals surface area contributed by atoms with Crippen molar-refractivity contribution in [2.45, 2.75) is 46.5 Å². The number of piperidine rings is 1. The van der Waals surface area contributed by atoms with E-state index in [0.717, 1.165) is 26.1 Å². The van der Waals surface area contributed by atoms with Gasteiger partial charge in [-0.1, -0.05) is 25.1 Å². The van der Waals surface area contributed by atoms with E-state index in [1.807, 2.05) is 0 Å². The molecule has 1 aromatic rings. The number of benzene rings is 1. The van der Waals surface area contributed by atoms with Gasteiger partial charge in [-0.05, 0) is 74.7 Å². The Morgan fingerprint density at radius 1 is 1.35 bits per heavy atom. The highest BCUT2D eigenvalue weighted by atomic mass is 35.5. The van der Waals surface area contributed by atoms with Crippen molar-refractivity contribution < 1.29 is 4.79 Å². The highest BCUT2D eigenvalue weighted by Gasteiger charge is 2.21. The molecule has 2 unspecified atom stereocenters. The van der Waals surface area contributed by atoms with Crippen LogP contribution in [0, 0.1) is 25.7 Å². The molecule has 0 aliphatic carbocycles. The van der Waals surface area contributed by atoms with Gasteiger partial charge in [0.25, 0.3) is 0 Å². The quantitative estimate of drug-likeness (QED) is 0.834. The van der Waals surface area contributed by atoms with Crippen LogP contribution >= 0.6 is 12.4 Å². The van der Waals surface area contributed by atoms with Gasteiger partial charge < -0.3 is 10.6 Å². The van der Waals surface area contributed by atoms with Crippen molar-refractivity contribution in [3.8, 4) is 0 Å². The van der Waals surface area contributed by atoms with Crippen molar-refractivity contribution in [3.63, 3.8) is 0 Å². The molecule has 0 aromatic heterocycles. The molecule has 1 saturated heterocycles. The number of halogens is 1. The van der Waals surface area contributed by atoms with Crippen LogP contribution in [0.3, 0.4) is 0 Å². The van der Waals surface area contributed by atoms with Gasteiger partial charge in [0.15, 0.2) is 0 Å². The zero-order valence-electron chi connectivity index (χ0n) is 14.7. The molecule has 2 N–H and O–H groups in total. The van der Waals surface area contributed by atoms with Gasteiger partial charge >= 0.3 is 0 Å². The summed E-state index contributed by atoms with van der Waals surface area (Å²) in [7, 11) is 0. The standard InChI is InChI=1S/C19H30N2O.ClH/c1-14-6-4-7-15(2)18(14)9-11-21-19(22)12-16(3)17-8-5-10-20-13-17;/h4,6-7,16-17,20H,5,8-13H2,1-3H3,(H,21,22);1H. The molecular weight excluding hydrogens is 308 g/mol. The molecule has 0 bridgehead atoms. The Hall–Kier alpha value is -1.06. The molecule has 23 heavy (non-hydrogen) atoms. The normalized spacial score (nSPS) is 18.8. The Morgan fingerprint density at radius 2 is 2.04 bits per heavy atom. The monoisotopic (exact) mass is 338 g/mol. The summed E-state index contributed by atoms with van der Waals surface area (Å²) in [5.41, 5.74) is 4.00. The molecule has 1 aromatic carbocycles. The molecule has 1 aliphatic heterocycles. The number of hydrogen-bond donors (Lipinski definition) is 2. The summed E-state index contributed by atoms with van der Waals surface area (Å²) < 4.78 is 0. The Balaban J connectivity index is 0.00000264. The van der Waals surface area contributed by atoms with E-state index < -0.39 is 0 Å². The third-order valence-corrected chi connectivity index (χ3v) is 4.99. The molecule has 0 radical (unpaired) electrons. The van der Waals surface area contributed by atoms with Crippen LogP contribution in [0.25, 0.3) is 0 Å². The van der Waals surface area contributed by atoms with Gasteiger partial charge in [-0.2, -0.15) is 0 Å². The van der Waals surface area contributed by atoms with Crippen molar-refractivity contribution in [2.75, 3.05) is 19.6 Å². The lowest BCUT2D eigenvalue weighted by atomic mass is 9.85. The minimum absolute atomic E-state index is 0. The fourth-order valence-corrected chi connectivity index (χ4v) is 3.47. The molecule has 130 valence electrons. The van der Waals surface area contributed by atoms with Crippen LogP contribution in [0.1, 0.15) is 42.9 Å². The predicted molar refractivity (Wildman–Crippen MR) is 99.3 cm³/mol. The van der Waals surface area contributed by atoms with Crippen LogP contribution in [-0.4, -0.2) is 25.5 Å². The zero-order chi connectivity index (χ0) is 15.9. The van der Waals surface area contributed by atoms with E-state index in [0.29, 0.717) is 18.3 Å². The lowest BCUT2D eigenvalue weighted by molar-refractivity contribution is -0.122. The predicted octanol–water partition coefficient (Wildman–Crippen LogP) is 3.41. The SMILES string of the molecule is Cc1cccc(C)c1CCNC(=O)CC(C)C1CCCNC1.Cl. The van der Waals surface area contributed by atoms with E-state index in [1.165, 1.54) is 29.5 Å². The van der Waals surface area contributed by atoms with Gasteiger partial charge in [0, 0.05) is 13.0 Å². The summed E-state index contributed by atoms with van der Waals surface area (Å²) in [6, 6.07) is 6.37. The second-order valence-corrected chi connectivity index (χ2v) is 6.76. The van der Waals surface area contributed by atoms with Gasteiger partial charge in [-0.15, -0.1) is 12.4 Å². The van der Waals surface area contributed by atoms with Crippen molar-refractivity contribution in [3.05, 3.63) is 34.9 Å². The number of carbonyl (C=O) groups excluding carboxylic acids is 1. The van der Waals surface area contributed by atoms with E-state index >= 15 is 0 Å². The van der Waals surface area contributed by atoms with Crippen LogP contribution in [0.5, 0.6) is 0 Å². The van der Waals surface area contributed by atoms with Crippen LogP contribution in [0.4, 0.5) is 0 Å². The summed E-state index contributed by atoms with van der Waals surface area (Å²) in [4.78, 5) is 12.1. The largest absolute Gasteiger partial charge is 0.356 e. The first-order valence-corrected chi connectivity index (χ1v) is 8.60. The number of rotatable bonds is 6. The number of amides is 1. The molecule has 0 spiro atoms. The fourth-order valence-electron chi connectivity index (χ4n) is 3.47. The summed E-state index contributed by atoms with van der Waals surface area (Å²) in [5, 5.41) is 6.53. The molecule has 2 rings (SSSR count). The molecule has 0 saturated carbocycles. The van der Waals surface area contributed by atoms with Crippen molar-refractivity contribution >= 4 is 18.3 Å². The van der Waals surface area contributed by atoms with Crippen LogP contribution in [0.15, 0.2) is 18.2 Å². The molecular formula is C19H31ClN2O. The zero-order valence-corrected chi connectivity index (χ0v) is 15.5. The maximum Gasteiger partial charge on any atom is 0.220 e. The molecule has 1 heterocycles. The van der Waals surface area contributed by atoms with Crippen LogP contribution in [-0.2, 0) is 11.2 Å². The molecule has 1 aliphatic rings. The van der Waals surface area contributed by atoms with E-state index in [-0.39, 0.29) is 18.3 Å². The third kappa shape index (κ3) is 6.15. The Morgan fingerprint density at radius 3 is 2.65 bits per heavy atom. The maximum atomic E-state index is 12.1. The minimum Gasteiger partial charge on any atom is -0.356 e. The fraction of sp³-hybridized carbons (Fsp3) is 0.632. The maximum absolute atomic E-state index is 12.1. The highest BCUT2D eigenvalue weighted by Crippen LogP contribution is 2.22. The van der Waals surface area contributed by atoms with E-state index in [4.69, 9.17) is 0 Å². The van der Waals surface area contributed by atoms with Gasteiger partial charge in [0.1, 0.15) is 0 Å². The Labute approximate surface area is 147 Å². The lowest BCUT2D eigenvalue weighted by Crippen LogP contribution is -2.36. The number of nitrogens with one attached hydrogen (secondary N) is 2. The summed E-state index contributed by atoms with van der Waals surface area (Å²) in [6.07, 6.45) is 4.07. The topological polar surface area (TPSA) is 41.1 Å². The van der Waals surface area contributed by atoms with Gasteiger partial charge in [-0.3, -0.25) is 4.79 Å². The summed E-state index contributed by atoms with van der Waals surface area (Å²) in [6.45, 7) is 9.43. The molecule has 3 nitrogen and oxygen atoms in total. The van der Waals surface area contributed by atoms with E-state index in [9.17, 15) is 4.79 Å². The smallest absolute Gasteiger partial charge is 0.220 e. The number of hydrogen-bond acceptors (Lipinski definition) is 2.